The molecular formula is C16H25ClN2O. The van der Waals surface area contributed by atoms with Crippen LogP contribution in [0, 0.1) is 0 Å². The topological polar surface area (TPSA) is 24.5 Å². The minimum atomic E-state index is 0.420. The summed E-state index contributed by atoms with van der Waals surface area (Å²) in [6.45, 7) is 7.24. The second kappa shape index (κ2) is 8.50. The van der Waals surface area contributed by atoms with Crippen molar-refractivity contribution in [3.63, 3.8) is 0 Å². The molecule has 0 radical (unpaired) electrons. The molecule has 0 bridgehead atoms. The Kier molecular flexibility index (Phi) is 6.64. The number of halogens is 1. The van der Waals surface area contributed by atoms with Gasteiger partial charge in [0.1, 0.15) is 0 Å². The Bertz CT molecular complexity index is 400. The number of benzene rings is 1. The average molecular weight is 297 g/mol. The molecule has 0 amide bonds. The van der Waals surface area contributed by atoms with Gasteiger partial charge in [-0.2, -0.15) is 0 Å². The summed E-state index contributed by atoms with van der Waals surface area (Å²) in [5.74, 6) is 0. The second-order valence-corrected chi connectivity index (χ2v) is 5.75. The Labute approximate surface area is 127 Å². The summed E-state index contributed by atoms with van der Waals surface area (Å²) in [6.07, 6.45) is 3.96. The molecule has 1 heterocycles. The Morgan fingerprint density at radius 2 is 2.25 bits per heavy atom. The fourth-order valence-corrected chi connectivity index (χ4v) is 2.79. The van der Waals surface area contributed by atoms with Crippen molar-refractivity contribution in [1.29, 1.82) is 0 Å². The molecule has 1 aromatic carbocycles. The van der Waals surface area contributed by atoms with Crippen LogP contribution < -0.4 is 5.32 Å². The van der Waals surface area contributed by atoms with E-state index in [-0.39, 0.29) is 0 Å². The van der Waals surface area contributed by atoms with E-state index in [1.165, 1.54) is 19.4 Å². The number of hydrogen-bond donors (Lipinski definition) is 1. The summed E-state index contributed by atoms with van der Waals surface area (Å²) >= 11 is 6.13. The third-order valence-electron chi connectivity index (χ3n) is 3.64. The van der Waals surface area contributed by atoms with E-state index in [4.69, 9.17) is 16.3 Å². The van der Waals surface area contributed by atoms with Crippen molar-refractivity contribution in [2.45, 2.75) is 32.3 Å². The van der Waals surface area contributed by atoms with Crippen molar-refractivity contribution in [3.05, 3.63) is 29.3 Å². The van der Waals surface area contributed by atoms with Gasteiger partial charge in [-0.1, -0.05) is 30.7 Å². The summed E-state index contributed by atoms with van der Waals surface area (Å²) in [5, 5.41) is 4.19. The highest BCUT2D eigenvalue weighted by Crippen LogP contribution is 2.20. The maximum absolute atomic E-state index is 6.13. The zero-order valence-corrected chi connectivity index (χ0v) is 13.0. The first-order chi connectivity index (χ1) is 9.79. The van der Waals surface area contributed by atoms with Gasteiger partial charge >= 0.3 is 0 Å². The van der Waals surface area contributed by atoms with Crippen LogP contribution in [0.4, 0.5) is 5.69 Å². The first-order valence-corrected chi connectivity index (χ1v) is 7.99. The number of para-hydroxylation sites is 1. The lowest BCUT2D eigenvalue weighted by Crippen LogP contribution is -2.41. The van der Waals surface area contributed by atoms with Crippen LogP contribution in [-0.2, 0) is 4.74 Å². The summed E-state index contributed by atoms with van der Waals surface area (Å²) in [5.41, 5.74) is 1.02. The Hall–Kier alpha value is -0.770. The first kappa shape index (κ1) is 15.6. The predicted octanol–water partition coefficient (Wildman–Crippen LogP) is 3.64. The normalized spacial score (nSPS) is 20.0. The molecule has 0 aliphatic carbocycles. The number of ether oxygens (including phenoxy) is 1. The zero-order valence-electron chi connectivity index (χ0n) is 12.3. The van der Waals surface area contributed by atoms with Crippen LogP contribution in [-0.4, -0.2) is 43.8 Å². The predicted molar refractivity (Wildman–Crippen MR) is 85.6 cm³/mol. The van der Waals surface area contributed by atoms with Gasteiger partial charge in [0.2, 0.25) is 0 Å². The number of likely N-dealkylation sites (tertiary alicyclic amines) is 1. The molecule has 0 spiro atoms. The third kappa shape index (κ3) is 4.97. The molecule has 0 saturated carbocycles. The Balaban J connectivity index is 1.70. The molecule has 1 aliphatic rings. The van der Waals surface area contributed by atoms with Gasteiger partial charge in [-0.25, -0.2) is 0 Å². The molecule has 112 valence electrons. The highest BCUT2D eigenvalue weighted by molar-refractivity contribution is 6.33. The van der Waals surface area contributed by atoms with Crippen molar-refractivity contribution in [3.8, 4) is 0 Å². The van der Waals surface area contributed by atoms with Crippen LogP contribution in [0.25, 0.3) is 0 Å². The molecule has 1 aliphatic heterocycles. The van der Waals surface area contributed by atoms with Gasteiger partial charge in [0.15, 0.2) is 0 Å². The quantitative estimate of drug-likeness (QED) is 0.831. The van der Waals surface area contributed by atoms with Crippen LogP contribution in [0.1, 0.15) is 26.2 Å². The highest BCUT2D eigenvalue weighted by Gasteiger charge is 2.19. The molecule has 1 N–H and O–H groups in total. The molecule has 1 aromatic rings. The van der Waals surface area contributed by atoms with E-state index in [1.807, 2.05) is 24.3 Å². The molecule has 20 heavy (non-hydrogen) atoms. The lowest BCUT2D eigenvalue weighted by molar-refractivity contribution is 0.00110. The average Bonchev–Trinajstić information content (AvgIpc) is 2.48. The van der Waals surface area contributed by atoms with E-state index in [0.717, 1.165) is 43.4 Å². The summed E-state index contributed by atoms with van der Waals surface area (Å²) in [6, 6.07) is 7.89. The maximum Gasteiger partial charge on any atom is 0.0702 e. The second-order valence-electron chi connectivity index (χ2n) is 5.34. The van der Waals surface area contributed by atoms with Crippen molar-refractivity contribution >= 4 is 17.3 Å². The van der Waals surface area contributed by atoms with Crippen molar-refractivity contribution in [2.75, 3.05) is 38.1 Å². The van der Waals surface area contributed by atoms with E-state index in [2.05, 4.69) is 17.1 Å². The van der Waals surface area contributed by atoms with Gasteiger partial charge in [0, 0.05) is 26.2 Å². The van der Waals surface area contributed by atoms with E-state index in [0.29, 0.717) is 6.10 Å². The minimum absolute atomic E-state index is 0.420. The highest BCUT2D eigenvalue weighted by atomic mass is 35.5. The monoisotopic (exact) mass is 296 g/mol. The molecule has 3 nitrogen and oxygen atoms in total. The molecule has 2 rings (SSSR count). The smallest absolute Gasteiger partial charge is 0.0702 e. The largest absolute Gasteiger partial charge is 0.383 e. The van der Waals surface area contributed by atoms with Crippen LogP contribution in [0.2, 0.25) is 5.02 Å². The Morgan fingerprint density at radius 3 is 3.05 bits per heavy atom. The molecular weight excluding hydrogens is 272 g/mol. The fourth-order valence-electron chi connectivity index (χ4n) is 2.59. The summed E-state index contributed by atoms with van der Waals surface area (Å²) < 4.78 is 5.86. The van der Waals surface area contributed by atoms with Crippen molar-refractivity contribution in [1.82, 2.24) is 4.90 Å². The zero-order chi connectivity index (χ0) is 14.2. The van der Waals surface area contributed by atoms with Gasteiger partial charge in [-0.05, 0) is 37.9 Å². The van der Waals surface area contributed by atoms with Gasteiger partial charge in [0.25, 0.3) is 0 Å². The Morgan fingerprint density at radius 1 is 1.40 bits per heavy atom. The lowest BCUT2D eigenvalue weighted by Gasteiger charge is -2.32. The van der Waals surface area contributed by atoms with Crippen LogP contribution in [0.15, 0.2) is 24.3 Å². The van der Waals surface area contributed by atoms with Gasteiger partial charge in [-0.3, -0.25) is 4.90 Å². The summed E-state index contributed by atoms with van der Waals surface area (Å²) in [4.78, 5) is 2.48. The SMILES string of the molecule is CCCOC1CCCN(CCNc2ccccc2Cl)C1. The minimum Gasteiger partial charge on any atom is -0.383 e. The number of nitrogens with one attached hydrogen (secondary N) is 1. The number of nitrogens with zero attached hydrogens (tertiary/aromatic N) is 1. The van der Waals surface area contributed by atoms with Crippen LogP contribution in [0.5, 0.6) is 0 Å². The van der Waals surface area contributed by atoms with E-state index in [1.54, 1.807) is 0 Å². The van der Waals surface area contributed by atoms with E-state index in [9.17, 15) is 0 Å². The number of rotatable bonds is 7. The standard InChI is InChI=1S/C16H25ClN2O/c1-2-12-20-14-6-5-10-19(13-14)11-9-18-16-8-4-3-7-15(16)17/h3-4,7-8,14,18H,2,5-6,9-13H2,1H3. The molecule has 4 heteroatoms. The summed E-state index contributed by atoms with van der Waals surface area (Å²) in [7, 11) is 0. The number of anilines is 1. The van der Waals surface area contributed by atoms with Crippen molar-refractivity contribution < 1.29 is 4.74 Å². The number of hydrogen-bond acceptors (Lipinski definition) is 3. The molecule has 1 atom stereocenters. The van der Waals surface area contributed by atoms with Gasteiger partial charge in [0.05, 0.1) is 16.8 Å². The van der Waals surface area contributed by atoms with Gasteiger partial charge < -0.3 is 10.1 Å². The first-order valence-electron chi connectivity index (χ1n) is 7.62. The van der Waals surface area contributed by atoms with Crippen molar-refractivity contribution in [2.24, 2.45) is 0 Å². The van der Waals surface area contributed by atoms with Gasteiger partial charge in [-0.15, -0.1) is 0 Å². The van der Waals surface area contributed by atoms with E-state index < -0.39 is 0 Å². The molecule has 0 aromatic heterocycles. The molecule has 1 fully saturated rings. The molecule has 1 unspecified atom stereocenters. The van der Waals surface area contributed by atoms with Crippen LogP contribution >= 0.6 is 11.6 Å². The van der Waals surface area contributed by atoms with E-state index >= 15 is 0 Å². The fraction of sp³-hybridized carbons (Fsp3) is 0.625. The lowest BCUT2D eigenvalue weighted by atomic mass is 10.1. The third-order valence-corrected chi connectivity index (χ3v) is 3.97. The number of piperidine rings is 1. The maximum atomic E-state index is 6.13. The molecule has 1 saturated heterocycles. The van der Waals surface area contributed by atoms with Crippen LogP contribution in [0.3, 0.4) is 0 Å².